The van der Waals surface area contributed by atoms with Crippen molar-refractivity contribution in [2.75, 3.05) is 18.4 Å². The van der Waals surface area contributed by atoms with Gasteiger partial charge in [0.1, 0.15) is 5.82 Å². The first kappa shape index (κ1) is 15.5. The number of aromatic nitrogens is 2. The summed E-state index contributed by atoms with van der Waals surface area (Å²) in [7, 11) is 0. The van der Waals surface area contributed by atoms with E-state index in [4.69, 9.17) is 0 Å². The lowest BCUT2D eigenvalue weighted by Crippen LogP contribution is -2.28. The number of aromatic amines is 1. The number of amides is 1. The van der Waals surface area contributed by atoms with Crippen molar-refractivity contribution in [2.45, 2.75) is 39.5 Å². The first-order valence-electron chi connectivity index (χ1n) is 7.41. The van der Waals surface area contributed by atoms with Crippen LogP contribution in [0.25, 0.3) is 11.0 Å². The van der Waals surface area contributed by atoms with Gasteiger partial charge < -0.3 is 15.6 Å². The van der Waals surface area contributed by atoms with E-state index in [2.05, 4.69) is 48.3 Å². The van der Waals surface area contributed by atoms with E-state index in [1.165, 1.54) is 0 Å². The number of hydrogen-bond acceptors (Lipinski definition) is 3. The maximum Gasteiger partial charge on any atom is 0.238 e. The zero-order valence-corrected chi connectivity index (χ0v) is 13.2. The van der Waals surface area contributed by atoms with Gasteiger partial charge in [0.15, 0.2) is 0 Å². The summed E-state index contributed by atoms with van der Waals surface area (Å²) >= 11 is 0. The Morgan fingerprint density at radius 3 is 2.76 bits per heavy atom. The van der Waals surface area contributed by atoms with Gasteiger partial charge in [-0.25, -0.2) is 4.98 Å². The van der Waals surface area contributed by atoms with E-state index in [1.807, 2.05) is 18.2 Å². The summed E-state index contributed by atoms with van der Waals surface area (Å²) < 4.78 is 0. The van der Waals surface area contributed by atoms with E-state index in [-0.39, 0.29) is 11.3 Å². The molecule has 0 aliphatic carbocycles. The maximum absolute atomic E-state index is 11.8. The smallest absolute Gasteiger partial charge is 0.238 e. The standard InChI is InChI=1S/C16H24N4O/c1-5-8-17-10-14(21)18-11-6-7-12-13(9-11)20-15(19-12)16(2,3)4/h6-7,9,17H,5,8,10H2,1-4H3,(H,18,21)(H,19,20). The van der Waals surface area contributed by atoms with E-state index in [0.717, 1.165) is 35.5 Å². The molecule has 0 aliphatic heterocycles. The second-order valence-corrected chi connectivity index (χ2v) is 6.29. The number of carbonyl (C=O) groups excluding carboxylic acids is 1. The fourth-order valence-corrected chi connectivity index (χ4v) is 2.03. The molecule has 0 fully saturated rings. The Balaban J connectivity index is 2.10. The Kier molecular flexibility index (Phi) is 4.63. The van der Waals surface area contributed by atoms with Gasteiger partial charge in [0.05, 0.1) is 17.6 Å². The van der Waals surface area contributed by atoms with E-state index in [0.29, 0.717) is 6.54 Å². The van der Waals surface area contributed by atoms with Crippen molar-refractivity contribution in [3.05, 3.63) is 24.0 Å². The van der Waals surface area contributed by atoms with Crippen LogP contribution < -0.4 is 10.6 Å². The molecule has 114 valence electrons. The highest BCUT2D eigenvalue weighted by molar-refractivity contribution is 5.94. The predicted octanol–water partition coefficient (Wildman–Crippen LogP) is 2.80. The summed E-state index contributed by atoms with van der Waals surface area (Å²) in [6.07, 6.45) is 1.02. The molecule has 0 atom stereocenters. The number of fused-ring (bicyclic) bond motifs is 1. The third-order valence-corrected chi connectivity index (χ3v) is 3.19. The lowest BCUT2D eigenvalue weighted by atomic mass is 9.96. The first-order chi connectivity index (χ1) is 9.90. The molecule has 0 spiro atoms. The van der Waals surface area contributed by atoms with Crippen LogP contribution in [0.5, 0.6) is 0 Å². The Morgan fingerprint density at radius 1 is 1.33 bits per heavy atom. The highest BCUT2D eigenvalue weighted by atomic mass is 16.1. The number of hydrogen-bond donors (Lipinski definition) is 3. The van der Waals surface area contributed by atoms with Crippen LogP contribution in [0.3, 0.4) is 0 Å². The third kappa shape index (κ3) is 4.04. The number of imidazole rings is 1. The van der Waals surface area contributed by atoms with E-state index in [1.54, 1.807) is 0 Å². The molecule has 0 unspecified atom stereocenters. The molecule has 0 bridgehead atoms. The Hall–Kier alpha value is -1.88. The zero-order valence-electron chi connectivity index (χ0n) is 13.2. The van der Waals surface area contributed by atoms with Crippen LogP contribution in [0.2, 0.25) is 0 Å². The lowest BCUT2D eigenvalue weighted by molar-refractivity contribution is -0.115. The van der Waals surface area contributed by atoms with Crippen molar-refractivity contribution in [1.82, 2.24) is 15.3 Å². The number of nitrogens with one attached hydrogen (secondary N) is 3. The zero-order chi connectivity index (χ0) is 15.5. The van der Waals surface area contributed by atoms with Crippen LogP contribution in [-0.2, 0) is 10.2 Å². The molecular formula is C16H24N4O. The fourth-order valence-electron chi connectivity index (χ4n) is 2.03. The van der Waals surface area contributed by atoms with Crippen molar-refractivity contribution in [3.63, 3.8) is 0 Å². The summed E-state index contributed by atoms with van der Waals surface area (Å²) in [4.78, 5) is 19.7. The van der Waals surface area contributed by atoms with E-state index in [9.17, 15) is 4.79 Å². The van der Waals surface area contributed by atoms with E-state index < -0.39 is 0 Å². The van der Waals surface area contributed by atoms with Crippen LogP contribution in [0.1, 0.15) is 39.9 Å². The predicted molar refractivity (Wildman–Crippen MR) is 86.6 cm³/mol. The van der Waals surface area contributed by atoms with Crippen LogP contribution in [0.4, 0.5) is 5.69 Å². The number of nitrogens with zero attached hydrogens (tertiary/aromatic N) is 1. The van der Waals surface area contributed by atoms with Gasteiger partial charge in [-0.1, -0.05) is 27.7 Å². The number of benzene rings is 1. The van der Waals surface area contributed by atoms with Crippen LogP contribution in [0.15, 0.2) is 18.2 Å². The van der Waals surface area contributed by atoms with Gasteiger partial charge in [0, 0.05) is 11.1 Å². The highest BCUT2D eigenvalue weighted by Crippen LogP contribution is 2.24. The van der Waals surface area contributed by atoms with Gasteiger partial charge in [-0.3, -0.25) is 4.79 Å². The number of anilines is 1. The third-order valence-electron chi connectivity index (χ3n) is 3.19. The number of H-pyrrole nitrogens is 1. The summed E-state index contributed by atoms with van der Waals surface area (Å²) in [5, 5.41) is 5.98. The quantitative estimate of drug-likeness (QED) is 0.741. The second kappa shape index (κ2) is 6.26. The number of carbonyl (C=O) groups is 1. The normalized spacial score (nSPS) is 11.8. The summed E-state index contributed by atoms with van der Waals surface area (Å²) in [5.74, 6) is 0.920. The molecule has 0 aliphatic rings. The molecule has 2 rings (SSSR count). The minimum Gasteiger partial charge on any atom is -0.341 e. The van der Waals surface area contributed by atoms with Gasteiger partial charge in [0.25, 0.3) is 0 Å². The van der Waals surface area contributed by atoms with Gasteiger partial charge in [-0.15, -0.1) is 0 Å². The van der Waals surface area contributed by atoms with Crippen LogP contribution in [0, 0.1) is 0 Å². The molecule has 2 aromatic rings. The van der Waals surface area contributed by atoms with Crippen LogP contribution in [-0.4, -0.2) is 29.0 Å². The molecule has 1 heterocycles. The molecule has 5 heteroatoms. The SMILES string of the molecule is CCCNCC(=O)Nc1ccc2nc(C(C)(C)C)[nH]c2c1. The first-order valence-corrected chi connectivity index (χ1v) is 7.41. The Morgan fingerprint density at radius 2 is 2.10 bits per heavy atom. The molecule has 21 heavy (non-hydrogen) atoms. The molecule has 0 radical (unpaired) electrons. The van der Waals surface area contributed by atoms with Gasteiger partial charge in [-0.2, -0.15) is 0 Å². The second-order valence-electron chi connectivity index (χ2n) is 6.29. The average molecular weight is 288 g/mol. The maximum atomic E-state index is 11.8. The average Bonchev–Trinajstić information content (AvgIpc) is 2.82. The van der Waals surface area contributed by atoms with Crippen molar-refractivity contribution in [2.24, 2.45) is 0 Å². The van der Waals surface area contributed by atoms with Crippen molar-refractivity contribution in [3.8, 4) is 0 Å². The molecule has 1 aromatic carbocycles. The minimum atomic E-state index is -0.0293. The van der Waals surface area contributed by atoms with Crippen molar-refractivity contribution >= 4 is 22.6 Å². The summed E-state index contributed by atoms with van der Waals surface area (Å²) in [5.41, 5.74) is 2.63. The summed E-state index contributed by atoms with van der Waals surface area (Å²) in [6.45, 7) is 9.61. The molecule has 5 nitrogen and oxygen atoms in total. The topological polar surface area (TPSA) is 69.8 Å². The Bertz CT molecular complexity index is 625. The molecule has 1 amide bonds. The molecule has 0 saturated heterocycles. The fraction of sp³-hybridized carbons (Fsp3) is 0.500. The highest BCUT2D eigenvalue weighted by Gasteiger charge is 2.18. The monoisotopic (exact) mass is 288 g/mol. The molecule has 1 aromatic heterocycles. The molecular weight excluding hydrogens is 264 g/mol. The van der Waals surface area contributed by atoms with Gasteiger partial charge in [0.2, 0.25) is 5.91 Å². The molecule has 0 saturated carbocycles. The number of rotatable bonds is 5. The minimum absolute atomic E-state index is 0.0213. The lowest BCUT2D eigenvalue weighted by Gasteiger charge is -2.13. The van der Waals surface area contributed by atoms with E-state index >= 15 is 0 Å². The van der Waals surface area contributed by atoms with Crippen molar-refractivity contribution in [1.29, 1.82) is 0 Å². The van der Waals surface area contributed by atoms with Crippen molar-refractivity contribution < 1.29 is 4.79 Å². The van der Waals surface area contributed by atoms with Gasteiger partial charge >= 0.3 is 0 Å². The molecule has 3 N–H and O–H groups in total. The van der Waals surface area contributed by atoms with Gasteiger partial charge in [-0.05, 0) is 31.2 Å². The summed E-state index contributed by atoms with van der Waals surface area (Å²) in [6, 6.07) is 5.73. The largest absolute Gasteiger partial charge is 0.341 e. The Labute approximate surface area is 125 Å². The van der Waals surface area contributed by atoms with Crippen LogP contribution >= 0.6 is 0 Å².